The Kier molecular flexibility index (Phi) is 24.7. The summed E-state index contributed by atoms with van der Waals surface area (Å²) < 4.78 is 17.4. The van der Waals surface area contributed by atoms with Crippen LogP contribution in [-0.4, -0.2) is 181 Å². The zero-order valence-corrected chi connectivity index (χ0v) is 54.8. The van der Waals surface area contributed by atoms with Crippen molar-refractivity contribution in [1.29, 1.82) is 5.41 Å². The fraction of sp³-hybridized carbons (Fsp3) is 0.377. The molecule has 0 saturated heterocycles. The molecule has 2 aromatic carbocycles. The first-order valence-corrected chi connectivity index (χ1v) is 33.1. The van der Waals surface area contributed by atoms with Gasteiger partial charge in [-0.15, -0.1) is 0 Å². The molecule has 2 aliphatic rings. The molecule has 0 spiro atoms. The van der Waals surface area contributed by atoms with E-state index in [4.69, 9.17) is 36.1 Å². The summed E-state index contributed by atoms with van der Waals surface area (Å²) in [6.07, 6.45) is -3.21. The third kappa shape index (κ3) is 18.6. The number of pyridine rings is 2. The highest BCUT2D eigenvalue weighted by Gasteiger charge is 2.46. The van der Waals surface area contributed by atoms with Gasteiger partial charge in [0.25, 0.3) is 17.0 Å². The molecule has 100 heavy (non-hydrogen) atoms. The number of anilines is 2. The van der Waals surface area contributed by atoms with Crippen molar-refractivity contribution in [3.63, 3.8) is 0 Å². The van der Waals surface area contributed by atoms with Crippen LogP contribution >= 0.6 is 21.6 Å². The summed E-state index contributed by atoms with van der Waals surface area (Å²) in [6, 6.07) is 2.89. The van der Waals surface area contributed by atoms with E-state index in [1.807, 2.05) is 6.92 Å². The van der Waals surface area contributed by atoms with Crippen molar-refractivity contribution in [2.45, 2.75) is 121 Å². The van der Waals surface area contributed by atoms with Crippen LogP contribution < -0.4 is 64.5 Å². The van der Waals surface area contributed by atoms with E-state index in [-0.39, 0.29) is 103 Å². The molecule has 0 radical (unpaired) electrons. The largest absolute Gasteiger partial charge is 0.513 e. The summed E-state index contributed by atoms with van der Waals surface area (Å²) in [4.78, 5) is 187. The number of aliphatic carboxylic acids is 4. The molecular weight excluding hydrogens is 1360 g/mol. The van der Waals surface area contributed by atoms with Gasteiger partial charge in [0.15, 0.2) is 22.7 Å². The first kappa shape index (κ1) is 74.3. The normalized spacial score (nSPS) is 15.0. The molecule has 6 atom stereocenters. The molecule has 39 heteroatoms. The Labute approximate surface area is 572 Å². The molecule has 0 saturated carbocycles. The number of aromatic nitrogens is 6. The number of rotatable bonds is 34. The maximum Gasteiger partial charge on any atom is 0.513 e. The van der Waals surface area contributed by atoms with Crippen LogP contribution in [0.2, 0.25) is 0 Å². The second kappa shape index (κ2) is 33.2. The van der Waals surface area contributed by atoms with Gasteiger partial charge in [0.05, 0.1) is 60.3 Å². The molecule has 0 bridgehead atoms. The van der Waals surface area contributed by atoms with Gasteiger partial charge in [-0.25, -0.2) is 34.1 Å². The smallest absolute Gasteiger partial charge is 0.481 e. The number of H-pyrrole nitrogens is 1. The van der Waals surface area contributed by atoms with Gasteiger partial charge in [-0.3, -0.25) is 53.5 Å². The van der Waals surface area contributed by atoms with Crippen LogP contribution in [0.5, 0.6) is 5.75 Å². The number of carboxylic acid groups (broad SMARTS) is 4. The number of nitrogens with two attached hydrogens (primary N) is 2. The highest BCUT2D eigenvalue weighted by atomic mass is 33.1. The average Bonchev–Trinajstić information content (AvgIpc) is 1.52. The lowest BCUT2D eigenvalue weighted by Crippen LogP contribution is -2.58. The topological polar surface area (TPSA) is 583 Å². The fourth-order valence-corrected chi connectivity index (χ4v) is 12.6. The number of aromatic amines is 1. The summed E-state index contributed by atoms with van der Waals surface area (Å²) >= 11 is 0. The van der Waals surface area contributed by atoms with Crippen LogP contribution in [0.1, 0.15) is 97.1 Å². The minimum atomic E-state index is -2.01. The van der Waals surface area contributed by atoms with Gasteiger partial charge in [0, 0.05) is 52.2 Å². The Morgan fingerprint density at radius 3 is 2.13 bits per heavy atom. The first-order valence-electron chi connectivity index (χ1n) is 30.6. The zero-order valence-electron chi connectivity index (χ0n) is 53.2. The number of guanidine groups is 1. The zero-order chi connectivity index (χ0) is 72.7. The molecular formula is C61H68N16O21S2. The van der Waals surface area contributed by atoms with Crippen molar-refractivity contribution in [1.82, 2.24) is 61.4 Å². The van der Waals surface area contributed by atoms with E-state index in [1.165, 1.54) is 41.1 Å². The summed E-state index contributed by atoms with van der Waals surface area (Å²) in [6.45, 7) is 3.11. The number of carboxylic acids is 4. The van der Waals surface area contributed by atoms with E-state index >= 15 is 0 Å². The Morgan fingerprint density at radius 2 is 1.47 bits per heavy atom. The average molecular weight is 1430 g/mol. The predicted molar refractivity (Wildman–Crippen MR) is 354 cm³/mol. The number of amides is 5. The SMILES string of the molecule is CCc1c2c(nc3ccc(OC(=O)OCCSSC[C@H](NC(=O)C(CC(=O)O)NC(=O)[C@H](CCCNC(=N)N)NC(=O)C(CC(=O)O)NC(=O)CC[C@@H](NC(=O)c4ccc(NCc5cnc6nc(N)[nH]c(=O)c6n5)cc4)C(=O)O)C(=O)O)cc13)-c1cc3c(c(=O)n1C2)COC(=O)[C@]3(O)CC. The van der Waals surface area contributed by atoms with Crippen LogP contribution in [0, 0.1) is 5.41 Å². The van der Waals surface area contributed by atoms with Crippen molar-refractivity contribution in [3.8, 4) is 17.1 Å². The van der Waals surface area contributed by atoms with Gasteiger partial charge in [-0.1, -0.05) is 35.4 Å². The van der Waals surface area contributed by atoms with Crippen LogP contribution in [0.25, 0.3) is 33.5 Å². The van der Waals surface area contributed by atoms with Gasteiger partial charge in [-0.2, -0.15) is 4.98 Å². The van der Waals surface area contributed by atoms with Crippen molar-refractivity contribution >= 4 is 127 Å². The van der Waals surface area contributed by atoms with E-state index in [2.05, 4.69) is 57.2 Å². The number of nitrogens with one attached hydrogen (secondary N) is 9. The number of aliphatic hydroxyl groups is 1. The number of benzene rings is 2. The molecule has 0 aliphatic carbocycles. The maximum absolute atomic E-state index is 13.9. The lowest BCUT2D eigenvalue weighted by molar-refractivity contribution is -0.172. The minimum Gasteiger partial charge on any atom is -0.481 e. The van der Waals surface area contributed by atoms with Gasteiger partial charge < -0.3 is 93.0 Å². The number of carbonyl (C=O) groups is 11. The molecule has 2 unspecified atom stereocenters. The molecule has 5 amide bonds. The molecule has 4 aromatic heterocycles. The first-order chi connectivity index (χ1) is 47.6. The van der Waals surface area contributed by atoms with Crippen LogP contribution in [0.15, 0.2) is 64.3 Å². The molecule has 6 heterocycles. The summed E-state index contributed by atoms with van der Waals surface area (Å²) in [5.74, 6) is -13.9. The molecule has 18 N–H and O–H groups in total. The highest BCUT2D eigenvalue weighted by molar-refractivity contribution is 8.76. The second-order valence-electron chi connectivity index (χ2n) is 22.5. The monoisotopic (exact) mass is 1420 g/mol. The number of cyclic esters (lactones) is 1. The molecule has 530 valence electrons. The Hall–Kier alpha value is -11.5. The fourth-order valence-electron chi connectivity index (χ4n) is 10.7. The van der Waals surface area contributed by atoms with E-state index in [9.17, 15) is 87.9 Å². The van der Waals surface area contributed by atoms with Crippen molar-refractivity contribution < 1.29 is 92.5 Å². The van der Waals surface area contributed by atoms with Crippen LogP contribution in [-0.2, 0) is 84.3 Å². The third-order valence-corrected chi connectivity index (χ3v) is 18.1. The number of ether oxygens (including phenoxy) is 3. The summed E-state index contributed by atoms with van der Waals surface area (Å²) in [5, 5.41) is 75.4. The van der Waals surface area contributed by atoms with Gasteiger partial charge in [0.2, 0.25) is 29.6 Å². The standard InChI is InChI=1S/C61H68N16O21S2/c1-3-31-32-18-30(11-12-36(32)70-46-33(31)24-77-42(46)19-35-34(54(77)88)25-97-57(93)61(35,95)4-2)98-60(94)96-16-17-99-100-26-41(56(91)92)74-52(86)40(21-45(81)82)73-50(84)37(6-5-15-65-58(62)63)71-51(85)39(20-44(79)80)69-43(78)14-13-38(55(89)90)72-49(83)27-7-9-28(10-8-27)66-22-29-23-67-48-47(68-29)53(87)76-59(64)75-48/h7-12,18-19,23,37-41,66,95H,3-6,13-17,20-22,24-26H2,1-2H3,(H,69,78)(H,71,85)(H,72,83)(H,73,84)(H,74,86)(H,79,80)(H,81,82)(H,89,90)(H,91,92)(H4,62,63,65)(H3,64,67,75,76,87)/t37-,38+,39?,40?,41-,61-/m0/s1. The number of carbonyl (C=O) groups excluding carboxylic acids is 7. The Balaban J connectivity index is 0.812. The predicted octanol–water partition coefficient (Wildman–Crippen LogP) is -0.341. The number of nitrogens with zero attached hydrogens (tertiary/aromatic N) is 5. The molecule has 0 fully saturated rings. The lowest BCUT2D eigenvalue weighted by Gasteiger charge is -2.31. The molecule has 6 aromatic rings. The molecule has 37 nitrogen and oxygen atoms in total. The summed E-state index contributed by atoms with van der Waals surface area (Å²) in [7, 11) is 1.93. The van der Waals surface area contributed by atoms with Gasteiger partial charge in [0.1, 0.15) is 49.2 Å². The number of fused-ring (bicyclic) bond motifs is 6. The number of hydrogen-bond donors (Lipinski definition) is 16. The van der Waals surface area contributed by atoms with Crippen LogP contribution in [0.4, 0.5) is 16.4 Å². The van der Waals surface area contributed by atoms with E-state index in [0.717, 1.165) is 32.7 Å². The van der Waals surface area contributed by atoms with E-state index in [0.29, 0.717) is 40.1 Å². The van der Waals surface area contributed by atoms with Gasteiger partial charge in [-0.05, 0) is 86.2 Å². The number of hydrogen-bond acceptors (Lipinski definition) is 26. The highest BCUT2D eigenvalue weighted by Crippen LogP contribution is 2.41. The Bertz CT molecular complexity index is 4370. The lowest BCUT2D eigenvalue weighted by atomic mass is 9.86. The van der Waals surface area contributed by atoms with E-state index < -0.39 is 144 Å². The maximum atomic E-state index is 13.9. The number of esters is 1. The van der Waals surface area contributed by atoms with Crippen LogP contribution in [0.3, 0.4) is 0 Å². The Morgan fingerprint density at radius 1 is 0.800 bits per heavy atom. The van der Waals surface area contributed by atoms with E-state index in [1.54, 1.807) is 25.1 Å². The van der Waals surface area contributed by atoms with Crippen molar-refractivity contribution in [2.75, 3.05) is 35.7 Å². The quantitative estimate of drug-likeness (QED) is 0.00613. The van der Waals surface area contributed by atoms with Crippen molar-refractivity contribution in [3.05, 3.63) is 109 Å². The van der Waals surface area contributed by atoms with Crippen molar-refractivity contribution in [2.24, 2.45) is 5.73 Å². The minimum absolute atomic E-state index is 0.000309. The second-order valence-corrected chi connectivity index (χ2v) is 25.1. The number of aryl methyl sites for hydroxylation is 1. The third-order valence-electron chi connectivity index (χ3n) is 15.7. The molecule has 2 aliphatic heterocycles. The number of nitrogen functional groups attached to an aromatic ring is 1. The van der Waals surface area contributed by atoms with Gasteiger partial charge >= 0.3 is 36.0 Å². The molecule has 8 rings (SSSR count). The summed E-state index contributed by atoms with van der Waals surface area (Å²) in [5.41, 5.74) is 12.0.